The normalized spacial score (nSPS) is 16.4. The highest BCUT2D eigenvalue weighted by atomic mass is 35.5. The SMILES string of the molecule is Cc1ccc2nc(CCl)n(C(C)C(=O)NC3CC3)c2c1. The van der Waals surface area contributed by atoms with E-state index in [4.69, 9.17) is 11.6 Å². The molecule has 0 saturated heterocycles. The number of imidazole rings is 1. The van der Waals surface area contributed by atoms with Gasteiger partial charge >= 0.3 is 0 Å². The highest BCUT2D eigenvalue weighted by molar-refractivity contribution is 6.17. The Bertz CT molecular complexity index is 660. The molecular formula is C15H18ClN3O. The fourth-order valence-electron chi connectivity index (χ4n) is 2.45. The van der Waals surface area contributed by atoms with E-state index in [-0.39, 0.29) is 11.9 Å². The summed E-state index contributed by atoms with van der Waals surface area (Å²) in [5.41, 5.74) is 3.01. The molecule has 5 heteroatoms. The van der Waals surface area contributed by atoms with Crippen molar-refractivity contribution in [3.8, 4) is 0 Å². The van der Waals surface area contributed by atoms with E-state index in [9.17, 15) is 4.79 Å². The Kier molecular flexibility index (Phi) is 3.42. The molecule has 1 aromatic heterocycles. The molecule has 1 heterocycles. The molecule has 1 fully saturated rings. The van der Waals surface area contributed by atoms with Gasteiger partial charge in [0.1, 0.15) is 11.9 Å². The Balaban J connectivity index is 2.02. The van der Waals surface area contributed by atoms with E-state index in [0.29, 0.717) is 11.9 Å². The second-order valence-corrected chi connectivity index (χ2v) is 5.75. The van der Waals surface area contributed by atoms with E-state index in [2.05, 4.69) is 16.4 Å². The van der Waals surface area contributed by atoms with Gasteiger partial charge in [0.25, 0.3) is 0 Å². The summed E-state index contributed by atoms with van der Waals surface area (Å²) in [7, 11) is 0. The topological polar surface area (TPSA) is 46.9 Å². The summed E-state index contributed by atoms with van der Waals surface area (Å²) in [5.74, 6) is 1.08. The molecule has 106 valence electrons. The van der Waals surface area contributed by atoms with Crippen LogP contribution in [-0.2, 0) is 10.7 Å². The fraction of sp³-hybridized carbons (Fsp3) is 0.467. The van der Waals surface area contributed by atoms with Crippen molar-refractivity contribution in [2.24, 2.45) is 0 Å². The molecule has 0 bridgehead atoms. The van der Waals surface area contributed by atoms with E-state index in [0.717, 1.165) is 35.3 Å². The molecule has 0 spiro atoms. The molecule has 1 aliphatic carbocycles. The molecule has 2 aromatic rings. The van der Waals surface area contributed by atoms with Crippen molar-refractivity contribution in [2.45, 2.75) is 44.7 Å². The molecule has 1 N–H and O–H groups in total. The second kappa shape index (κ2) is 5.09. The lowest BCUT2D eigenvalue weighted by atomic mass is 10.2. The van der Waals surface area contributed by atoms with E-state index in [1.165, 1.54) is 0 Å². The van der Waals surface area contributed by atoms with Crippen LogP contribution in [0.2, 0.25) is 0 Å². The Morgan fingerprint density at radius 3 is 2.95 bits per heavy atom. The van der Waals surface area contributed by atoms with Gasteiger partial charge in [-0.3, -0.25) is 4.79 Å². The standard InChI is InChI=1S/C15H18ClN3O/c1-9-3-6-12-13(7-9)19(14(8-16)18-12)10(2)15(20)17-11-4-5-11/h3,6-7,10-11H,4-5,8H2,1-2H3,(H,17,20). The van der Waals surface area contributed by atoms with Gasteiger partial charge in [0, 0.05) is 6.04 Å². The van der Waals surface area contributed by atoms with Gasteiger partial charge in [-0.05, 0) is 44.4 Å². The van der Waals surface area contributed by atoms with Crippen LogP contribution in [0.1, 0.15) is 37.2 Å². The molecule has 0 radical (unpaired) electrons. The third-order valence-corrected chi connectivity index (χ3v) is 3.97. The third kappa shape index (κ3) is 2.40. The van der Waals surface area contributed by atoms with E-state index in [1.54, 1.807) is 0 Å². The third-order valence-electron chi connectivity index (χ3n) is 3.73. The smallest absolute Gasteiger partial charge is 0.243 e. The van der Waals surface area contributed by atoms with Crippen LogP contribution in [0.3, 0.4) is 0 Å². The van der Waals surface area contributed by atoms with Crippen LogP contribution in [0.25, 0.3) is 11.0 Å². The Labute approximate surface area is 123 Å². The first-order chi connectivity index (χ1) is 9.60. The van der Waals surface area contributed by atoms with Gasteiger partial charge in [-0.15, -0.1) is 11.6 Å². The van der Waals surface area contributed by atoms with Gasteiger partial charge in [-0.1, -0.05) is 6.07 Å². The lowest BCUT2D eigenvalue weighted by molar-refractivity contribution is -0.123. The zero-order valence-electron chi connectivity index (χ0n) is 11.7. The number of alkyl halides is 1. The van der Waals surface area contributed by atoms with Crippen LogP contribution >= 0.6 is 11.6 Å². The molecule has 1 atom stereocenters. The van der Waals surface area contributed by atoms with Crippen LogP contribution in [0, 0.1) is 6.92 Å². The average Bonchev–Trinajstić information content (AvgIpc) is 3.16. The van der Waals surface area contributed by atoms with Crippen molar-refractivity contribution in [1.82, 2.24) is 14.9 Å². The largest absolute Gasteiger partial charge is 0.352 e. The zero-order chi connectivity index (χ0) is 14.3. The van der Waals surface area contributed by atoms with Crippen LogP contribution in [-0.4, -0.2) is 21.5 Å². The minimum atomic E-state index is -0.295. The molecule has 1 saturated carbocycles. The number of halogens is 1. The maximum Gasteiger partial charge on any atom is 0.243 e. The van der Waals surface area contributed by atoms with E-state index in [1.807, 2.05) is 30.5 Å². The first-order valence-corrected chi connectivity index (χ1v) is 7.47. The number of benzene rings is 1. The maximum absolute atomic E-state index is 12.3. The summed E-state index contributed by atoms with van der Waals surface area (Å²) in [5, 5.41) is 3.04. The van der Waals surface area contributed by atoms with Crippen molar-refractivity contribution >= 4 is 28.5 Å². The minimum Gasteiger partial charge on any atom is -0.352 e. The van der Waals surface area contributed by atoms with Gasteiger partial charge < -0.3 is 9.88 Å². The number of rotatable bonds is 4. The Morgan fingerprint density at radius 1 is 1.55 bits per heavy atom. The summed E-state index contributed by atoms with van der Waals surface area (Å²) in [6.07, 6.45) is 2.18. The first-order valence-electron chi connectivity index (χ1n) is 6.94. The molecular weight excluding hydrogens is 274 g/mol. The summed E-state index contributed by atoms with van der Waals surface area (Å²) >= 11 is 6.00. The van der Waals surface area contributed by atoms with Crippen LogP contribution in [0.4, 0.5) is 0 Å². The summed E-state index contributed by atoms with van der Waals surface area (Å²) in [6.45, 7) is 3.93. The summed E-state index contributed by atoms with van der Waals surface area (Å²) in [6, 6.07) is 6.12. The number of nitrogens with zero attached hydrogens (tertiary/aromatic N) is 2. The molecule has 1 amide bonds. The van der Waals surface area contributed by atoms with Gasteiger partial charge in [0.2, 0.25) is 5.91 Å². The number of carbonyl (C=O) groups excluding carboxylic acids is 1. The van der Waals surface area contributed by atoms with E-state index < -0.39 is 0 Å². The highest BCUT2D eigenvalue weighted by Gasteiger charge is 2.27. The van der Waals surface area contributed by atoms with Crippen LogP contribution < -0.4 is 5.32 Å². The van der Waals surface area contributed by atoms with Gasteiger partial charge in [0.15, 0.2) is 0 Å². The van der Waals surface area contributed by atoms with Crippen molar-refractivity contribution in [1.29, 1.82) is 0 Å². The molecule has 20 heavy (non-hydrogen) atoms. The monoisotopic (exact) mass is 291 g/mol. The van der Waals surface area contributed by atoms with Crippen LogP contribution in [0.15, 0.2) is 18.2 Å². The quantitative estimate of drug-likeness (QED) is 0.881. The van der Waals surface area contributed by atoms with Crippen LogP contribution in [0.5, 0.6) is 0 Å². The predicted molar refractivity (Wildman–Crippen MR) is 79.9 cm³/mol. The number of hydrogen-bond acceptors (Lipinski definition) is 2. The number of fused-ring (bicyclic) bond motifs is 1. The number of aromatic nitrogens is 2. The second-order valence-electron chi connectivity index (χ2n) is 5.48. The number of nitrogens with one attached hydrogen (secondary N) is 1. The maximum atomic E-state index is 12.3. The number of aryl methyl sites for hydroxylation is 1. The predicted octanol–water partition coefficient (Wildman–Crippen LogP) is 2.92. The molecule has 0 aliphatic heterocycles. The lowest BCUT2D eigenvalue weighted by Crippen LogP contribution is -2.33. The Morgan fingerprint density at radius 2 is 2.30 bits per heavy atom. The Hall–Kier alpha value is -1.55. The lowest BCUT2D eigenvalue weighted by Gasteiger charge is -2.16. The highest BCUT2D eigenvalue weighted by Crippen LogP contribution is 2.25. The summed E-state index contributed by atoms with van der Waals surface area (Å²) < 4.78 is 1.95. The minimum absolute atomic E-state index is 0.0414. The van der Waals surface area contributed by atoms with E-state index >= 15 is 0 Å². The number of hydrogen-bond donors (Lipinski definition) is 1. The fourth-order valence-corrected chi connectivity index (χ4v) is 2.63. The van der Waals surface area contributed by atoms with Gasteiger partial charge in [0.05, 0.1) is 16.9 Å². The first kappa shape index (κ1) is 13.4. The zero-order valence-corrected chi connectivity index (χ0v) is 12.4. The van der Waals surface area contributed by atoms with Crippen molar-refractivity contribution in [3.05, 3.63) is 29.6 Å². The van der Waals surface area contributed by atoms with Crippen molar-refractivity contribution in [3.63, 3.8) is 0 Å². The van der Waals surface area contributed by atoms with Gasteiger partial charge in [-0.25, -0.2) is 4.98 Å². The molecule has 1 aliphatic rings. The molecule has 3 rings (SSSR count). The molecule has 4 nitrogen and oxygen atoms in total. The van der Waals surface area contributed by atoms with Crippen molar-refractivity contribution < 1.29 is 4.79 Å². The summed E-state index contributed by atoms with van der Waals surface area (Å²) in [4.78, 5) is 16.8. The number of carbonyl (C=O) groups is 1. The van der Waals surface area contributed by atoms with Gasteiger partial charge in [-0.2, -0.15) is 0 Å². The molecule has 1 aromatic carbocycles. The number of amides is 1. The average molecular weight is 292 g/mol. The molecule has 1 unspecified atom stereocenters. The van der Waals surface area contributed by atoms with Crippen molar-refractivity contribution in [2.75, 3.05) is 0 Å².